The molecule has 26 heavy (non-hydrogen) atoms. The monoisotopic (exact) mass is 366 g/mol. The van der Waals surface area contributed by atoms with Gasteiger partial charge in [-0.15, -0.1) is 0 Å². The molecule has 6 nitrogen and oxygen atoms in total. The molecule has 0 bridgehead atoms. The van der Waals surface area contributed by atoms with Crippen LogP contribution in [-0.4, -0.2) is 46.8 Å². The molecule has 1 fully saturated rings. The summed E-state index contributed by atoms with van der Waals surface area (Å²) < 4.78 is 41.7. The van der Waals surface area contributed by atoms with Crippen molar-refractivity contribution in [2.75, 3.05) is 20.1 Å². The minimum absolute atomic E-state index is 0.00230. The lowest BCUT2D eigenvalue weighted by Crippen LogP contribution is -2.41. The molecule has 0 unspecified atom stereocenters. The Hall–Kier alpha value is -2.71. The van der Waals surface area contributed by atoms with Crippen LogP contribution in [0.2, 0.25) is 0 Å². The van der Waals surface area contributed by atoms with Crippen molar-refractivity contribution >= 4 is 11.6 Å². The molecule has 2 aromatic rings. The number of likely N-dealkylation sites (tertiary alicyclic amines) is 1. The van der Waals surface area contributed by atoms with Gasteiger partial charge >= 0.3 is 12.1 Å². The number of aromatic nitrogens is 2. The Balaban J connectivity index is 1.66. The van der Waals surface area contributed by atoms with Gasteiger partial charge in [-0.25, -0.2) is 0 Å². The third-order valence-electron chi connectivity index (χ3n) is 4.17. The van der Waals surface area contributed by atoms with Gasteiger partial charge in [0.2, 0.25) is 11.7 Å². The number of halogens is 3. The van der Waals surface area contributed by atoms with Crippen molar-refractivity contribution in [1.82, 2.24) is 15.0 Å². The van der Waals surface area contributed by atoms with Gasteiger partial charge in [-0.3, -0.25) is 9.79 Å². The van der Waals surface area contributed by atoms with Crippen molar-refractivity contribution in [3.63, 3.8) is 0 Å². The maximum atomic E-state index is 12.5. The smallest absolute Gasteiger partial charge is 0.337 e. The fourth-order valence-corrected chi connectivity index (χ4v) is 2.76. The highest BCUT2D eigenvalue weighted by molar-refractivity contribution is 5.91. The quantitative estimate of drug-likeness (QED) is 0.837. The molecule has 1 saturated heterocycles. The number of nitrogens with zero attached hydrogens (tertiary/aromatic N) is 4. The van der Waals surface area contributed by atoms with Crippen LogP contribution < -0.4 is 0 Å². The van der Waals surface area contributed by atoms with Crippen molar-refractivity contribution in [2.45, 2.75) is 25.4 Å². The lowest BCUT2D eigenvalue weighted by molar-refractivity contribution is -0.159. The number of aliphatic imine (C=N–C) groups is 1. The van der Waals surface area contributed by atoms with Crippen LogP contribution in [0.4, 0.5) is 13.2 Å². The number of hydrogen-bond donors (Lipinski definition) is 0. The normalized spacial score (nSPS) is 16.9. The van der Waals surface area contributed by atoms with Crippen molar-refractivity contribution in [2.24, 2.45) is 4.99 Å². The van der Waals surface area contributed by atoms with Crippen LogP contribution in [0.5, 0.6) is 0 Å². The molecule has 0 saturated carbocycles. The van der Waals surface area contributed by atoms with E-state index in [1.807, 2.05) is 0 Å². The summed E-state index contributed by atoms with van der Waals surface area (Å²) in [6.07, 6.45) is -2.64. The fraction of sp³-hybridized carbons (Fsp3) is 0.412. The van der Waals surface area contributed by atoms with E-state index in [2.05, 4.69) is 19.7 Å². The van der Waals surface area contributed by atoms with Gasteiger partial charge in [-0.2, -0.15) is 18.2 Å². The number of hydrogen-bond acceptors (Lipinski definition) is 5. The second-order valence-electron chi connectivity index (χ2n) is 6.00. The Morgan fingerprint density at radius 3 is 2.65 bits per heavy atom. The second kappa shape index (κ2) is 7.27. The van der Waals surface area contributed by atoms with E-state index in [-0.39, 0.29) is 18.2 Å². The molecule has 0 atom stereocenters. The van der Waals surface area contributed by atoms with Gasteiger partial charge in [-0.1, -0.05) is 29.4 Å². The van der Waals surface area contributed by atoms with Crippen LogP contribution >= 0.6 is 0 Å². The zero-order valence-electron chi connectivity index (χ0n) is 14.1. The van der Waals surface area contributed by atoms with E-state index < -0.39 is 12.1 Å². The molecule has 1 aliphatic rings. The summed E-state index contributed by atoms with van der Waals surface area (Å²) in [5.74, 6) is -1.53. The molecule has 1 amide bonds. The van der Waals surface area contributed by atoms with Gasteiger partial charge in [0.05, 0.1) is 13.0 Å². The maximum Gasteiger partial charge on any atom is 0.471 e. The van der Waals surface area contributed by atoms with Crippen LogP contribution in [0.3, 0.4) is 0 Å². The summed E-state index contributed by atoms with van der Waals surface area (Å²) in [5.41, 5.74) is 2.16. The van der Waals surface area contributed by atoms with Gasteiger partial charge in [0, 0.05) is 24.9 Å². The van der Waals surface area contributed by atoms with E-state index in [1.165, 1.54) is 0 Å². The molecule has 0 spiro atoms. The summed E-state index contributed by atoms with van der Waals surface area (Å²) in [5, 5.41) is 3.34. The summed E-state index contributed by atoms with van der Waals surface area (Å²) in [6.45, 7) is 1.26. The van der Waals surface area contributed by atoms with Gasteiger partial charge in [0.15, 0.2) is 0 Å². The molecule has 1 aromatic heterocycles. The number of piperidine rings is 1. The van der Waals surface area contributed by atoms with E-state index in [1.54, 1.807) is 36.2 Å². The third kappa shape index (κ3) is 4.09. The molecule has 1 aromatic carbocycles. The van der Waals surface area contributed by atoms with Crippen LogP contribution in [0.15, 0.2) is 33.8 Å². The summed E-state index contributed by atoms with van der Waals surface area (Å²) in [4.78, 5) is 21.7. The lowest BCUT2D eigenvalue weighted by atomic mass is 10.1. The standard InChI is InChI=1S/C17H17F3N4O2/c1-21-13-3-2-8-24(10-13)14(25)9-11-4-6-12(7-5-11)15-22-16(26-23-15)17(18,19)20/h4-7H,2-3,8-10H2,1H3/b21-13+. The average molecular weight is 366 g/mol. The predicted molar refractivity (Wildman–Crippen MR) is 87.6 cm³/mol. The molecule has 9 heteroatoms. The number of alkyl halides is 3. The Bertz CT molecular complexity index is 812. The largest absolute Gasteiger partial charge is 0.471 e. The van der Waals surface area contributed by atoms with Gasteiger partial charge in [0.1, 0.15) is 0 Å². The zero-order chi connectivity index (χ0) is 18.7. The Morgan fingerprint density at radius 2 is 2.04 bits per heavy atom. The van der Waals surface area contributed by atoms with E-state index in [0.717, 1.165) is 24.1 Å². The fourth-order valence-electron chi connectivity index (χ4n) is 2.76. The third-order valence-corrected chi connectivity index (χ3v) is 4.17. The summed E-state index contributed by atoms with van der Waals surface area (Å²) >= 11 is 0. The van der Waals surface area contributed by atoms with E-state index >= 15 is 0 Å². The van der Waals surface area contributed by atoms with Gasteiger partial charge in [-0.05, 0) is 18.4 Å². The first-order valence-corrected chi connectivity index (χ1v) is 8.09. The van der Waals surface area contributed by atoms with Crippen molar-refractivity contribution in [1.29, 1.82) is 0 Å². The molecule has 0 radical (unpaired) electrons. The Morgan fingerprint density at radius 1 is 1.31 bits per heavy atom. The lowest BCUT2D eigenvalue weighted by Gasteiger charge is -2.28. The highest BCUT2D eigenvalue weighted by Gasteiger charge is 2.38. The molecular weight excluding hydrogens is 349 g/mol. The molecule has 0 N–H and O–H groups in total. The maximum absolute atomic E-state index is 12.5. The first-order chi connectivity index (χ1) is 12.4. The molecular formula is C17H17F3N4O2. The van der Waals surface area contributed by atoms with Crippen LogP contribution in [0, 0.1) is 0 Å². The highest BCUT2D eigenvalue weighted by atomic mass is 19.4. The van der Waals surface area contributed by atoms with Crippen molar-refractivity contribution in [3.05, 3.63) is 35.7 Å². The van der Waals surface area contributed by atoms with Gasteiger partial charge < -0.3 is 9.42 Å². The van der Waals surface area contributed by atoms with Crippen molar-refractivity contribution in [3.8, 4) is 11.4 Å². The second-order valence-corrected chi connectivity index (χ2v) is 6.00. The average Bonchev–Trinajstić information content (AvgIpc) is 3.13. The number of rotatable bonds is 3. The Labute approximate surface area is 147 Å². The number of carbonyl (C=O) groups is 1. The zero-order valence-corrected chi connectivity index (χ0v) is 14.1. The summed E-state index contributed by atoms with van der Waals surface area (Å²) in [6, 6.07) is 6.50. The van der Waals surface area contributed by atoms with E-state index in [0.29, 0.717) is 18.7 Å². The topological polar surface area (TPSA) is 71.6 Å². The molecule has 1 aliphatic heterocycles. The molecule has 2 heterocycles. The minimum atomic E-state index is -4.67. The minimum Gasteiger partial charge on any atom is -0.337 e. The van der Waals surface area contributed by atoms with E-state index in [9.17, 15) is 18.0 Å². The first kappa shape index (κ1) is 18.1. The Kier molecular flexibility index (Phi) is 5.06. The predicted octanol–water partition coefficient (Wildman–Crippen LogP) is 2.99. The molecule has 3 rings (SSSR count). The molecule has 138 valence electrons. The van der Waals surface area contributed by atoms with Crippen LogP contribution in [0.1, 0.15) is 24.3 Å². The number of carbonyl (C=O) groups excluding carboxylic acids is 1. The summed E-state index contributed by atoms with van der Waals surface area (Å²) in [7, 11) is 1.73. The highest BCUT2D eigenvalue weighted by Crippen LogP contribution is 2.29. The van der Waals surface area contributed by atoms with E-state index in [4.69, 9.17) is 0 Å². The van der Waals surface area contributed by atoms with Crippen LogP contribution in [0.25, 0.3) is 11.4 Å². The number of amides is 1. The SMILES string of the molecule is C/N=C1\CCCN(C(=O)Cc2ccc(-c3noc(C(F)(F)F)n3)cc2)C1. The first-order valence-electron chi connectivity index (χ1n) is 8.09. The number of benzene rings is 1. The van der Waals surface area contributed by atoms with Crippen LogP contribution in [-0.2, 0) is 17.4 Å². The van der Waals surface area contributed by atoms with Gasteiger partial charge in [0.25, 0.3) is 0 Å². The van der Waals surface area contributed by atoms with Crippen molar-refractivity contribution < 1.29 is 22.5 Å². The molecule has 0 aliphatic carbocycles.